The number of hydrogen-bond donors (Lipinski definition) is 0. The van der Waals surface area contributed by atoms with Crippen molar-refractivity contribution in [1.82, 2.24) is 0 Å². The van der Waals surface area contributed by atoms with E-state index in [4.69, 9.17) is 14.2 Å². The minimum atomic E-state index is -0.267. The molecular weight excluding hydrogens is 576 g/mol. The van der Waals surface area contributed by atoms with Crippen LogP contribution in [0.15, 0.2) is 48.6 Å². The molecule has 0 amide bonds. The summed E-state index contributed by atoms with van der Waals surface area (Å²) in [4.78, 5) is 0. The van der Waals surface area contributed by atoms with Crippen LogP contribution < -0.4 is 0 Å². The summed E-state index contributed by atoms with van der Waals surface area (Å²) in [7, 11) is 3.93. The standard InChI is InChI=1S/C44H70O3/c1-5-35-13-17-39(18-14-35)41(25-9-7-10-26-41)43(45-3)29-21-37(22-30-43)33-47-34-38-23-31-44(46-4,32-24-38)42(27-11-8-12-28-42)40-19-15-36(6-2)16-20-40/h21-24,29-32,35-40H,5-20,25-28,33-34H2,1-4H3/t35-,36-,37-,38-,39-,40-,43-,44-. The first-order valence-corrected chi connectivity index (χ1v) is 20.4. The summed E-state index contributed by atoms with van der Waals surface area (Å²) in [5.41, 5.74) is -0.0458. The average Bonchev–Trinajstić information content (AvgIpc) is 3.16. The Balaban J connectivity index is 1.06. The van der Waals surface area contributed by atoms with Crippen molar-refractivity contribution in [2.24, 2.45) is 46.3 Å². The molecule has 0 radical (unpaired) electrons. The molecule has 0 bridgehead atoms. The first-order valence-electron chi connectivity index (χ1n) is 20.4. The third kappa shape index (κ3) is 6.95. The van der Waals surface area contributed by atoms with E-state index in [1.807, 2.05) is 14.2 Å². The summed E-state index contributed by atoms with van der Waals surface area (Å²) in [5.74, 6) is 4.04. The van der Waals surface area contributed by atoms with Crippen molar-refractivity contribution >= 4 is 0 Å². The van der Waals surface area contributed by atoms with Crippen LogP contribution in [-0.2, 0) is 14.2 Å². The van der Waals surface area contributed by atoms with E-state index in [1.54, 1.807) is 0 Å². The van der Waals surface area contributed by atoms with Gasteiger partial charge in [-0.15, -0.1) is 0 Å². The quantitative estimate of drug-likeness (QED) is 0.197. The van der Waals surface area contributed by atoms with E-state index in [0.29, 0.717) is 11.8 Å². The Kier molecular flexibility index (Phi) is 12.0. The third-order valence-corrected chi connectivity index (χ3v) is 15.1. The fourth-order valence-electron chi connectivity index (χ4n) is 12.1. The van der Waals surface area contributed by atoms with Crippen LogP contribution in [0.4, 0.5) is 0 Å². The van der Waals surface area contributed by atoms with Crippen LogP contribution in [0.25, 0.3) is 0 Å². The van der Waals surface area contributed by atoms with Crippen molar-refractivity contribution in [3.63, 3.8) is 0 Å². The van der Waals surface area contributed by atoms with Gasteiger partial charge in [0.2, 0.25) is 0 Å². The summed E-state index contributed by atoms with van der Waals surface area (Å²) in [6.07, 6.45) is 46.7. The van der Waals surface area contributed by atoms with E-state index in [1.165, 1.54) is 128 Å². The van der Waals surface area contributed by atoms with E-state index >= 15 is 0 Å². The van der Waals surface area contributed by atoms with Gasteiger partial charge in [-0.2, -0.15) is 0 Å². The van der Waals surface area contributed by atoms with Crippen molar-refractivity contribution < 1.29 is 14.2 Å². The fraction of sp³-hybridized carbons (Fsp3) is 0.818. The molecule has 3 heteroatoms. The maximum atomic E-state index is 6.57. The lowest BCUT2D eigenvalue weighted by molar-refractivity contribution is -0.109. The molecule has 3 nitrogen and oxygen atoms in total. The number of rotatable bonds is 12. The number of methoxy groups -OCH3 is 2. The van der Waals surface area contributed by atoms with Crippen LogP contribution >= 0.6 is 0 Å². The summed E-state index contributed by atoms with van der Waals surface area (Å²) in [6, 6.07) is 0. The van der Waals surface area contributed by atoms with Gasteiger partial charge in [0.25, 0.3) is 0 Å². The Morgan fingerprint density at radius 3 is 1.13 bits per heavy atom. The predicted molar refractivity (Wildman–Crippen MR) is 196 cm³/mol. The molecule has 0 spiro atoms. The minimum absolute atomic E-state index is 0.244. The van der Waals surface area contributed by atoms with Crippen LogP contribution in [0.3, 0.4) is 0 Å². The van der Waals surface area contributed by atoms with Crippen molar-refractivity contribution in [2.45, 2.75) is 153 Å². The molecule has 4 saturated carbocycles. The molecule has 6 rings (SSSR count). The van der Waals surface area contributed by atoms with Crippen molar-refractivity contribution in [3.8, 4) is 0 Å². The van der Waals surface area contributed by atoms with Gasteiger partial charge in [-0.05, 0) is 75.0 Å². The summed E-state index contributed by atoms with van der Waals surface area (Å²) in [5, 5.41) is 0. The molecule has 264 valence electrons. The summed E-state index contributed by atoms with van der Waals surface area (Å²) in [6.45, 7) is 6.23. The Bertz CT molecular complexity index is 971. The Hall–Kier alpha value is -1.16. The zero-order valence-corrected chi connectivity index (χ0v) is 30.9. The maximum Gasteiger partial charge on any atom is 0.110 e. The fourth-order valence-corrected chi connectivity index (χ4v) is 12.1. The Morgan fingerprint density at radius 2 is 0.830 bits per heavy atom. The second-order valence-corrected chi connectivity index (χ2v) is 17.0. The zero-order valence-electron chi connectivity index (χ0n) is 30.9. The molecule has 47 heavy (non-hydrogen) atoms. The van der Waals surface area contributed by atoms with Gasteiger partial charge < -0.3 is 14.2 Å². The van der Waals surface area contributed by atoms with E-state index in [-0.39, 0.29) is 22.0 Å². The van der Waals surface area contributed by atoms with E-state index in [9.17, 15) is 0 Å². The summed E-state index contributed by atoms with van der Waals surface area (Å²) >= 11 is 0. The van der Waals surface area contributed by atoms with Crippen LogP contribution in [0.2, 0.25) is 0 Å². The minimum Gasteiger partial charge on any atom is -0.380 e. The first-order chi connectivity index (χ1) is 23.0. The monoisotopic (exact) mass is 647 g/mol. The highest BCUT2D eigenvalue weighted by atomic mass is 16.5. The van der Waals surface area contributed by atoms with Gasteiger partial charge in [0, 0.05) is 36.9 Å². The van der Waals surface area contributed by atoms with Gasteiger partial charge >= 0.3 is 0 Å². The van der Waals surface area contributed by atoms with Gasteiger partial charge in [-0.1, -0.05) is 140 Å². The van der Waals surface area contributed by atoms with Gasteiger partial charge in [0.05, 0.1) is 13.2 Å². The highest BCUT2D eigenvalue weighted by Crippen LogP contribution is 2.59. The molecule has 0 atom stereocenters. The lowest BCUT2D eigenvalue weighted by atomic mass is 9.52. The molecule has 0 aromatic heterocycles. The van der Waals surface area contributed by atoms with Crippen LogP contribution in [0.5, 0.6) is 0 Å². The van der Waals surface area contributed by atoms with Gasteiger partial charge in [-0.3, -0.25) is 0 Å². The van der Waals surface area contributed by atoms with Gasteiger partial charge in [0.1, 0.15) is 11.2 Å². The molecule has 0 aromatic rings. The predicted octanol–water partition coefficient (Wildman–Crippen LogP) is 11.6. The summed E-state index contributed by atoms with van der Waals surface area (Å²) < 4.78 is 19.6. The van der Waals surface area contributed by atoms with E-state index < -0.39 is 0 Å². The van der Waals surface area contributed by atoms with Gasteiger partial charge in [0.15, 0.2) is 0 Å². The lowest BCUT2D eigenvalue weighted by Crippen LogP contribution is -2.54. The molecule has 0 aromatic carbocycles. The lowest BCUT2D eigenvalue weighted by Gasteiger charge is -2.56. The van der Waals surface area contributed by atoms with E-state index in [0.717, 1.165) is 36.9 Å². The van der Waals surface area contributed by atoms with Crippen LogP contribution in [0.1, 0.15) is 142 Å². The highest BCUT2D eigenvalue weighted by Gasteiger charge is 2.56. The SMILES string of the molecule is CC[C@H]1CC[C@H](C2([C@]3(OC)C=C[C@H](COC[C@H]4C=C[C@@](OC)(C5([C@H]6CC[C@H](CC)CC6)CCCCC5)C=C4)C=C3)CCCCC2)CC1. The molecule has 0 N–H and O–H groups in total. The van der Waals surface area contributed by atoms with Crippen molar-refractivity contribution in [2.75, 3.05) is 27.4 Å². The largest absolute Gasteiger partial charge is 0.380 e. The normalized spacial score (nSPS) is 40.0. The van der Waals surface area contributed by atoms with Crippen LogP contribution in [0, 0.1) is 46.3 Å². The molecule has 6 aliphatic rings. The first kappa shape index (κ1) is 35.7. The average molecular weight is 647 g/mol. The zero-order chi connectivity index (χ0) is 32.8. The van der Waals surface area contributed by atoms with Crippen LogP contribution in [-0.4, -0.2) is 38.6 Å². The third-order valence-electron chi connectivity index (χ3n) is 15.1. The molecule has 0 aliphatic heterocycles. The molecule has 0 heterocycles. The van der Waals surface area contributed by atoms with E-state index in [2.05, 4.69) is 62.5 Å². The molecular formula is C44H70O3. The van der Waals surface area contributed by atoms with Crippen molar-refractivity contribution in [1.29, 1.82) is 0 Å². The van der Waals surface area contributed by atoms with Crippen molar-refractivity contribution in [3.05, 3.63) is 48.6 Å². The number of ether oxygens (including phenoxy) is 3. The molecule has 6 aliphatic carbocycles. The second-order valence-electron chi connectivity index (χ2n) is 17.0. The Labute approximate surface area is 289 Å². The molecule has 4 fully saturated rings. The highest BCUT2D eigenvalue weighted by molar-refractivity contribution is 5.31. The molecule has 0 saturated heterocycles. The number of hydrogen-bond acceptors (Lipinski definition) is 3. The Morgan fingerprint density at radius 1 is 0.489 bits per heavy atom. The smallest absolute Gasteiger partial charge is 0.110 e. The molecule has 0 unspecified atom stereocenters. The second kappa shape index (κ2) is 15.8. The topological polar surface area (TPSA) is 27.7 Å². The van der Waals surface area contributed by atoms with Gasteiger partial charge in [-0.25, -0.2) is 0 Å². The maximum absolute atomic E-state index is 6.57.